The number of para-hydroxylation sites is 1. The first-order chi connectivity index (χ1) is 13.2. The normalized spacial score (nSPS) is 11.3. The van der Waals surface area contributed by atoms with Crippen LogP contribution in [-0.4, -0.2) is 27.8 Å². The van der Waals surface area contributed by atoms with Gasteiger partial charge in [-0.3, -0.25) is 4.79 Å². The van der Waals surface area contributed by atoms with Gasteiger partial charge in [-0.2, -0.15) is 18.3 Å². The topological polar surface area (TPSA) is 95.1 Å². The van der Waals surface area contributed by atoms with E-state index in [1.807, 2.05) is 0 Å². The number of pyridine rings is 1. The summed E-state index contributed by atoms with van der Waals surface area (Å²) in [5.41, 5.74) is 4.93. The highest BCUT2D eigenvalue weighted by Crippen LogP contribution is 2.29. The van der Waals surface area contributed by atoms with Crippen LogP contribution in [0.15, 0.2) is 42.6 Å². The van der Waals surface area contributed by atoms with Gasteiger partial charge in [0.2, 0.25) is 0 Å². The molecule has 2 heterocycles. The lowest BCUT2D eigenvalue weighted by atomic mass is 10.3. The lowest BCUT2D eigenvalue weighted by Gasteiger charge is -2.10. The maximum absolute atomic E-state index is 13.9. The van der Waals surface area contributed by atoms with Crippen LogP contribution in [0.1, 0.15) is 16.1 Å². The monoisotopic (exact) mass is 395 g/mol. The van der Waals surface area contributed by atoms with Crippen molar-refractivity contribution in [3.05, 3.63) is 59.7 Å². The van der Waals surface area contributed by atoms with E-state index in [4.69, 9.17) is 10.5 Å². The number of rotatable bonds is 4. The zero-order valence-corrected chi connectivity index (χ0v) is 14.3. The fourth-order valence-electron chi connectivity index (χ4n) is 2.38. The van der Waals surface area contributed by atoms with E-state index < -0.39 is 23.5 Å². The van der Waals surface area contributed by atoms with Crippen molar-refractivity contribution in [2.45, 2.75) is 6.18 Å². The predicted octanol–water partition coefficient (Wildman–Crippen LogP) is 3.27. The first-order valence-corrected chi connectivity index (χ1v) is 7.73. The third kappa shape index (κ3) is 3.72. The van der Waals surface area contributed by atoms with E-state index in [9.17, 15) is 22.4 Å². The van der Waals surface area contributed by atoms with Crippen LogP contribution in [0.4, 0.5) is 29.2 Å². The Balaban J connectivity index is 1.85. The molecule has 1 aromatic carbocycles. The fourth-order valence-corrected chi connectivity index (χ4v) is 2.38. The van der Waals surface area contributed by atoms with Gasteiger partial charge < -0.3 is 15.8 Å². The molecule has 7 nitrogen and oxygen atoms in total. The van der Waals surface area contributed by atoms with E-state index >= 15 is 0 Å². The molecule has 2 aromatic heterocycles. The lowest BCUT2D eigenvalue weighted by molar-refractivity contribution is -0.137. The van der Waals surface area contributed by atoms with Gasteiger partial charge in [0, 0.05) is 12.3 Å². The average Bonchev–Trinajstić information content (AvgIpc) is 3.03. The molecule has 146 valence electrons. The Morgan fingerprint density at radius 3 is 2.61 bits per heavy atom. The van der Waals surface area contributed by atoms with Gasteiger partial charge in [-0.1, -0.05) is 6.07 Å². The molecule has 3 N–H and O–H groups in total. The van der Waals surface area contributed by atoms with Crippen LogP contribution in [0.5, 0.6) is 5.75 Å². The molecule has 11 heteroatoms. The highest BCUT2D eigenvalue weighted by atomic mass is 19.4. The van der Waals surface area contributed by atoms with Crippen LogP contribution in [0.3, 0.4) is 0 Å². The molecule has 0 radical (unpaired) electrons. The molecule has 3 aromatic rings. The zero-order valence-electron chi connectivity index (χ0n) is 14.3. The number of benzene rings is 1. The number of aromatic nitrogens is 3. The van der Waals surface area contributed by atoms with Crippen LogP contribution < -0.4 is 15.8 Å². The summed E-state index contributed by atoms with van der Waals surface area (Å²) in [6, 6.07) is 7.12. The Labute approximate surface area is 155 Å². The van der Waals surface area contributed by atoms with Crippen molar-refractivity contribution in [2.24, 2.45) is 0 Å². The molecule has 1 amide bonds. The number of nitrogens with zero attached hydrogens (tertiary/aromatic N) is 3. The quantitative estimate of drug-likeness (QED) is 0.661. The number of carbonyl (C=O) groups excluding carboxylic acids is 1. The summed E-state index contributed by atoms with van der Waals surface area (Å²) in [5.74, 6) is -1.60. The number of nitrogen functional groups attached to an aromatic ring is 1. The van der Waals surface area contributed by atoms with Gasteiger partial charge in [0.05, 0.1) is 12.7 Å². The van der Waals surface area contributed by atoms with E-state index in [2.05, 4.69) is 15.4 Å². The molecule has 0 aliphatic rings. The van der Waals surface area contributed by atoms with E-state index in [-0.39, 0.29) is 28.8 Å². The lowest BCUT2D eigenvalue weighted by Crippen LogP contribution is -2.15. The second-order valence-corrected chi connectivity index (χ2v) is 5.54. The summed E-state index contributed by atoms with van der Waals surface area (Å²) in [4.78, 5) is 15.9. The van der Waals surface area contributed by atoms with E-state index in [1.54, 1.807) is 0 Å². The first kappa shape index (κ1) is 19.1. The number of anilines is 2. The van der Waals surface area contributed by atoms with Crippen molar-refractivity contribution in [3.8, 4) is 11.4 Å². The SMILES string of the molecule is COc1c(F)cccc1-n1nc(C(=O)Nc2ccc(C(F)(F)F)cn2)cc1N. The van der Waals surface area contributed by atoms with Crippen LogP contribution in [0.2, 0.25) is 0 Å². The number of alkyl halides is 3. The minimum Gasteiger partial charge on any atom is -0.492 e. The Bertz CT molecular complexity index is 1020. The molecule has 0 fully saturated rings. The molecule has 0 saturated carbocycles. The maximum atomic E-state index is 13.9. The summed E-state index contributed by atoms with van der Waals surface area (Å²) in [5, 5.41) is 6.32. The van der Waals surface area contributed by atoms with Gasteiger partial charge in [0.25, 0.3) is 5.91 Å². The van der Waals surface area contributed by atoms with E-state index in [0.717, 1.165) is 16.8 Å². The highest BCUT2D eigenvalue weighted by Gasteiger charge is 2.30. The number of ether oxygens (including phenoxy) is 1. The number of amides is 1. The van der Waals surface area contributed by atoms with E-state index in [1.165, 1.54) is 31.4 Å². The van der Waals surface area contributed by atoms with Crippen LogP contribution in [-0.2, 0) is 6.18 Å². The summed E-state index contributed by atoms with van der Waals surface area (Å²) < 4.78 is 57.6. The second kappa shape index (κ2) is 7.18. The maximum Gasteiger partial charge on any atom is 0.417 e. The van der Waals surface area contributed by atoms with Crippen molar-refractivity contribution in [1.29, 1.82) is 0 Å². The number of hydrogen-bond donors (Lipinski definition) is 2. The molecule has 3 rings (SSSR count). The first-order valence-electron chi connectivity index (χ1n) is 7.73. The van der Waals surface area contributed by atoms with Crippen LogP contribution in [0.25, 0.3) is 5.69 Å². The second-order valence-electron chi connectivity index (χ2n) is 5.54. The van der Waals surface area contributed by atoms with Gasteiger partial charge in [-0.15, -0.1) is 0 Å². The number of halogens is 4. The number of nitrogens with two attached hydrogens (primary N) is 1. The van der Waals surface area contributed by atoms with Gasteiger partial charge in [0.1, 0.15) is 17.3 Å². The predicted molar refractivity (Wildman–Crippen MR) is 91.7 cm³/mol. The zero-order chi connectivity index (χ0) is 20.5. The van der Waals surface area contributed by atoms with Gasteiger partial charge in [-0.25, -0.2) is 14.1 Å². The van der Waals surface area contributed by atoms with Crippen molar-refractivity contribution in [2.75, 3.05) is 18.2 Å². The number of carbonyl (C=O) groups is 1. The molecule has 0 spiro atoms. The largest absolute Gasteiger partial charge is 0.492 e. The molecule has 0 atom stereocenters. The molecule has 0 bridgehead atoms. The number of nitrogens with one attached hydrogen (secondary N) is 1. The fraction of sp³-hybridized carbons (Fsp3) is 0.118. The summed E-state index contributed by atoms with van der Waals surface area (Å²) >= 11 is 0. The van der Waals surface area contributed by atoms with Crippen molar-refractivity contribution < 1.29 is 27.1 Å². The van der Waals surface area contributed by atoms with E-state index in [0.29, 0.717) is 6.20 Å². The average molecular weight is 395 g/mol. The van der Waals surface area contributed by atoms with Gasteiger partial charge in [0.15, 0.2) is 17.3 Å². The Morgan fingerprint density at radius 2 is 2.00 bits per heavy atom. The third-order valence-corrected chi connectivity index (χ3v) is 3.68. The van der Waals surface area contributed by atoms with Crippen molar-refractivity contribution in [1.82, 2.24) is 14.8 Å². The standard InChI is InChI=1S/C17H13F4N5O2/c1-28-15-10(18)3-2-4-12(15)26-13(22)7-11(25-26)16(27)24-14-6-5-9(8-23-14)17(19,20)21/h2-8H,22H2,1H3,(H,23,24,27). The minimum absolute atomic E-state index is 0.0226. The number of methoxy groups -OCH3 is 1. The number of hydrogen-bond acceptors (Lipinski definition) is 5. The summed E-state index contributed by atoms with van der Waals surface area (Å²) in [6.45, 7) is 0. The van der Waals surface area contributed by atoms with Gasteiger partial charge in [-0.05, 0) is 24.3 Å². The van der Waals surface area contributed by atoms with Gasteiger partial charge >= 0.3 is 6.18 Å². The third-order valence-electron chi connectivity index (χ3n) is 3.68. The summed E-state index contributed by atoms with van der Waals surface area (Å²) in [7, 11) is 1.27. The smallest absolute Gasteiger partial charge is 0.417 e. The molecule has 0 aliphatic carbocycles. The van der Waals surface area contributed by atoms with Crippen molar-refractivity contribution >= 4 is 17.5 Å². The molecular weight excluding hydrogens is 382 g/mol. The summed E-state index contributed by atoms with van der Waals surface area (Å²) in [6.07, 6.45) is -3.94. The molecule has 0 saturated heterocycles. The highest BCUT2D eigenvalue weighted by molar-refractivity contribution is 6.02. The van der Waals surface area contributed by atoms with Crippen LogP contribution >= 0.6 is 0 Å². The molecule has 28 heavy (non-hydrogen) atoms. The Kier molecular flexibility index (Phi) is 4.91. The minimum atomic E-state index is -4.53. The Hall–Kier alpha value is -3.63. The van der Waals surface area contributed by atoms with Crippen molar-refractivity contribution in [3.63, 3.8) is 0 Å². The molecular formula is C17H13F4N5O2. The van der Waals surface area contributed by atoms with Crippen LogP contribution in [0, 0.1) is 5.82 Å². The Morgan fingerprint density at radius 1 is 1.25 bits per heavy atom. The molecule has 0 unspecified atom stereocenters. The molecule has 0 aliphatic heterocycles.